The van der Waals surface area contributed by atoms with Gasteiger partial charge in [-0.1, -0.05) is 46.3 Å². The summed E-state index contributed by atoms with van der Waals surface area (Å²) in [6.07, 6.45) is -22.3. The molecule has 0 aromatic rings. The Hall–Kier alpha value is -1.51. The van der Waals surface area contributed by atoms with Crippen LogP contribution in [0.3, 0.4) is 0 Å². The van der Waals surface area contributed by atoms with E-state index in [0.29, 0.717) is 25.7 Å². The molecule has 390 valence electrons. The Bertz CT molecular complexity index is 1860. The van der Waals surface area contributed by atoms with Crippen molar-refractivity contribution in [3.63, 3.8) is 0 Å². The highest BCUT2D eigenvalue weighted by atomic mass is 16.8. The fourth-order valence-electron chi connectivity index (χ4n) is 15.8. The van der Waals surface area contributed by atoms with E-state index in [-0.39, 0.29) is 36.7 Å². The second kappa shape index (κ2) is 18.8. The Morgan fingerprint density at radius 1 is 0.706 bits per heavy atom. The highest BCUT2D eigenvalue weighted by Gasteiger charge is 2.74. The van der Waals surface area contributed by atoms with E-state index >= 15 is 4.79 Å². The number of hydrogen-bond acceptors (Lipinski definition) is 20. The molecule has 13 N–H and O–H groups in total. The lowest BCUT2D eigenvalue weighted by Gasteiger charge is -2.74. The highest BCUT2D eigenvalue weighted by molar-refractivity contribution is 5.78. The number of fused-ring (bicyclic) bond motifs is 7. The molecule has 0 amide bonds. The highest BCUT2D eigenvalue weighted by Crippen LogP contribution is 2.77. The van der Waals surface area contributed by atoms with E-state index < -0.39 is 163 Å². The minimum Gasteiger partial charge on any atom is -0.432 e. The normalized spacial score (nSPS) is 57.1. The minimum absolute atomic E-state index is 0.0121. The smallest absolute Gasteiger partial charge is 0.315 e. The van der Waals surface area contributed by atoms with E-state index in [2.05, 4.69) is 27.7 Å². The summed E-state index contributed by atoms with van der Waals surface area (Å²) < 4.78 is 34.6. The van der Waals surface area contributed by atoms with E-state index in [1.54, 1.807) is 6.92 Å². The lowest BCUT2D eigenvalue weighted by Crippen LogP contribution is -2.73. The third kappa shape index (κ3) is 7.89. The molecule has 0 aromatic heterocycles. The van der Waals surface area contributed by atoms with Gasteiger partial charge in [-0.15, -0.1) is 0 Å². The standard InChI is InChI=1S/C48H78O20/c1-19-10-11-48(13-12-46(6)22(28(48)20(19)2)8-9-27-44(4)14-24(52)39(61)45(5,18-50)38(44)23(51)15-47(27,46)7)43(62)68-42-35(59)32(56)30(54)26(66-42)17-63-40-36(60)33(57)37(25(16-49)65-40)67-41-34(58)31(55)29(53)21(3)64-41/h10,20-42,49-61H,8-9,11-18H2,1-7H3. The molecule has 28 unspecified atom stereocenters. The Morgan fingerprint density at radius 3 is 2.00 bits per heavy atom. The van der Waals surface area contributed by atoms with Crippen molar-refractivity contribution in [2.75, 3.05) is 19.8 Å². The molecule has 0 bridgehead atoms. The number of carbonyl (C=O) groups excluding carboxylic acids is 1. The molecular weight excluding hydrogens is 897 g/mol. The van der Waals surface area contributed by atoms with Crippen molar-refractivity contribution in [3.8, 4) is 0 Å². The lowest BCUT2D eigenvalue weighted by molar-refractivity contribution is -0.361. The van der Waals surface area contributed by atoms with Crippen LogP contribution in [0.4, 0.5) is 0 Å². The van der Waals surface area contributed by atoms with Crippen molar-refractivity contribution in [2.24, 2.45) is 56.7 Å². The first-order valence-electron chi connectivity index (χ1n) is 24.6. The van der Waals surface area contributed by atoms with Crippen LogP contribution in [-0.4, -0.2) is 203 Å². The van der Waals surface area contributed by atoms with Crippen LogP contribution in [-0.2, 0) is 33.2 Å². The zero-order valence-electron chi connectivity index (χ0n) is 40.1. The minimum atomic E-state index is -1.89. The lowest BCUT2D eigenvalue weighted by atomic mass is 9.31. The maximum absolute atomic E-state index is 15.0. The monoisotopic (exact) mass is 975 g/mol. The Kier molecular flexibility index (Phi) is 14.6. The zero-order chi connectivity index (χ0) is 50.0. The van der Waals surface area contributed by atoms with Gasteiger partial charge in [0, 0.05) is 11.3 Å². The summed E-state index contributed by atoms with van der Waals surface area (Å²) in [5.74, 6) is -1.48. The maximum Gasteiger partial charge on any atom is 0.315 e. The third-order valence-corrected chi connectivity index (χ3v) is 19.8. The number of rotatable bonds is 9. The number of ether oxygens (including phenoxy) is 6. The van der Waals surface area contributed by atoms with E-state index in [1.807, 2.05) is 13.0 Å². The van der Waals surface area contributed by atoms with Gasteiger partial charge in [0.25, 0.3) is 0 Å². The van der Waals surface area contributed by atoms with Crippen molar-refractivity contribution in [1.82, 2.24) is 0 Å². The van der Waals surface area contributed by atoms with Gasteiger partial charge in [-0.05, 0) is 98.7 Å². The van der Waals surface area contributed by atoms with Crippen LogP contribution in [0.25, 0.3) is 0 Å². The van der Waals surface area contributed by atoms with Gasteiger partial charge in [-0.2, -0.15) is 0 Å². The molecule has 3 aliphatic heterocycles. The van der Waals surface area contributed by atoms with Crippen molar-refractivity contribution < 1.29 is 99.6 Å². The van der Waals surface area contributed by atoms with Crippen LogP contribution in [0.15, 0.2) is 11.6 Å². The van der Waals surface area contributed by atoms with E-state index in [1.165, 1.54) is 6.92 Å². The maximum atomic E-state index is 15.0. The van der Waals surface area contributed by atoms with E-state index in [0.717, 1.165) is 18.4 Å². The second-order valence-electron chi connectivity index (χ2n) is 23.1. The summed E-state index contributed by atoms with van der Waals surface area (Å²) >= 11 is 0. The van der Waals surface area contributed by atoms with Crippen LogP contribution in [0.5, 0.6) is 0 Å². The zero-order valence-corrected chi connectivity index (χ0v) is 40.1. The molecule has 7 fully saturated rings. The number of esters is 1. The second-order valence-corrected chi connectivity index (χ2v) is 23.1. The predicted molar refractivity (Wildman–Crippen MR) is 233 cm³/mol. The molecule has 0 radical (unpaired) electrons. The molecule has 20 heteroatoms. The molecular formula is C48H78O20. The van der Waals surface area contributed by atoms with E-state index in [9.17, 15) is 66.4 Å². The molecule has 5 aliphatic carbocycles. The first-order valence-corrected chi connectivity index (χ1v) is 24.6. The summed E-state index contributed by atoms with van der Waals surface area (Å²) in [7, 11) is 0. The fraction of sp³-hybridized carbons (Fsp3) is 0.938. The Balaban J connectivity index is 0.982. The van der Waals surface area contributed by atoms with Gasteiger partial charge in [-0.3, -0.25) is 4.79 Å². The van der Waals surface area contributed by atoms with Crippen LogP contribution in [0.2, 0.25) is 0 Å². The van der Waals surface area contributed by atoms with Crippen molar-refractivity contribution in [3.05, 3.63) is 11.6 Å². The third-order valence-electron chi connectivity index (χ3n) is 19.8. The Morgan fingerprint density at radius 2 is 1.34 bits per heavy atom. The van der Waals surface area contributed by atoms with Gasteiger partial charge >= 0.3 is 5.97 Å². The fourth-order valence-corrected chi connectivity index (χ4v) is 15.8. The first-order chi connectivity index (χ1) is 31.8. The predicted octanol–water partition coefficient (Wildman–Crippen LogP) is -2.06. The van der Waals surface area contributed by atoms with Gasteiger partial charge in [-0.25, -0.2) is 0 Å². The summed E-state index contributed by atoms with van der Waals surface area (Å²) in [6, 6.07) is 0. The molecule has 0 spiro atoms. The average molecular weight is 975 g/mol. The number of aliphatic hydroxyl groups excluding tert-OH is 13. The molecule has 3 heterocycles. The van der Waals surface area contributed by atoms with Crippen molar-refractivity contribution in [2.45, 2.75) is 204 Å². The summed E-state index contributed by atoms with van der Waals surface area (Å²) in [5, 5.41) is 142. The van der Waals surface area contributed by atoms with Gasteiger partial charge in [0.05, 0.1) is 49.7 Å². The summed E-state index contributed by atoms with van der Waals surface area (Å²) in [4.78, 5) is 15.0. The topological polar surface area (TPSA) is 335 Å². The van der Waals surface area contributed by atoms with E-state index in [4.69, 9.17) is 28.4 Å². The molecule has 68 heavy (non-hydrogen) atoms. The van der Waals surface area contributed by atoms with Crippen LogP contribution in [0, 0.1) is 56.7 Å². The quantitative estimate of drug-likeness (QED) is 0.0873. The Labute approximate surface area is 396 Å². The molecule has 4 saturated carbocycles. The first kappa shape index (κ1) is 52.8. The summed E-state index contributed by atoms with van der Waals surface area (Å²) in [6.45, 7) is 12.1. The molecule has 8 aliphatic rings. The molecule has 8 rings (SSSR count). The largest absolute Gasteiger partial charge is 0.432 e. The van der Waals surface area contributed by atoms with Crippen molar-refractivity contribution in [1.29, 1.82) is 0 Å². The van der Waals surface area contributed by atoms with Gasteiger partial charge in [0.15, 0.2) is 12.6 Å². The van der Waals surface area contributed by atoms with Crippen LogP contribution < -0.4 is 0 Å². The number of carbonyl (C=O) groups is 1. The van der Waals surface area contributed by atoms with Gasteiger partial charge in [0.2, 0.25) is 6.29 Å². The number of allylic oxidation sites excluding steroid dienone is 2. The number of hydrogen-bond donors (Lipinski definition) is 13. The molecule has 0 aromatic carbocycles. The van der Waals surface area contributed by atoms with Gasteiger partial charge in [0.1, 0.15) is 67.1 Å². The SMILES string of the molecule is CC1=CCC2(C(=O)OC3OC(COC4OC(CO)C(OC5OC(C)C(O)C(O)C5O)C(O)C4O)C(O)C(O)C3O)CCC3(C)C(CCC4C5(C)CC(O)C(O)C(C)(CO)C5C(O)CC43C)C2C1C. The van der Waals surface area contributed by atoms with Crippen molar-refractivity contribution >= 4 is 5.97 Å². The van der Waals surface area contributed by atoms with Gasteiger partial charge < -0.3 is 94.8 Å². The average Bonchev–Trinajstić information content (AvgIpc) is 3.29. The molecule has 28 atom stereocenters. The van der Waals surface area contributed by atoms with Crippen LogP contribution in [0.1, 0.15) is 93.4 Å². The molecule has 3 saturated heterocycles. The number of aliphatic hydroxyl groups is 13. The molecule has 20 nitrogen and oxygen atoms in total. The van der Waals surface area contributed by atoms with Crippen LogP contribution >= 0.6 is 0 Å². The summed E-state index contributed by atoms with van der Waals surface area (Å²) in [5.41, 5.74) is -2.62.